The minimum absolute atomic E-state index is 0.0558. The summed E-state index contributed by atoms with van der Waals surface area (Å²) in [5.41, 5.74) is 0.159. The smallest absolute Gasteiger partial charge is 0.415 e. The molecule has 0 aliphatic carbocycles. The molecule has 1 aromatic carbocycles. The summed E-state index contributed by atoms with van der Waals surface area (Å²) in [4.78, 5) is 34.4. The Kier molecular flexibility index (Phi) is 4.23. The molecule has 0 aromatic heterocycles. The maximum Gasteiger partial charge on any atom is 0.415 e. The second kappa shape index (κ2) is 5.91. The molecule has 1 spiro atoms. The molecule has 0 saturated carbocycles. The van der Waals surface area contributed by atoms with Crippen molar-refractivity contribution in [3.05, 3.63) is 24.3 Å². The van der Waals surface area contributed by atoms with Gasteiger partial charge in [-0.3, -0.25) is 9.46 Å². The number of likely N-dealkylation sites (tertiary alicyclic amines) is 1. The van der Waals surface area contributed by atoms with Crippen molar-refractivity contribution < 1.29 is 23.9 Å². The van der Waals surface area contributed by atoms with Crippen LogP contribution in [0.25, 0.3) is 0 Å². The number of amides is 1. The lowest BCUT2D eigenvalue weighted by Gasteiger charge is -2.36. The van der Waals surface area contributed by atoms with E-state index in [1.54, 1.807) is 17.0 Å². The standard InChI is InChI=1S/C15H21N2O5P/c1-2-16-9-7-15(8-10-16)11-17(14(18)22-15)12-3-5-13(6-4-12)23(19,20)21/h3-6H,2,7-11H2,1H3,(H2,19,20,21). The molecule has 2 aliphatic heterocycles. The molecule has 8 heteroatoms. The minimum Gasteiger partial charge on any atom is -0.441 e. The maximum atomic E-state index is 12.2. The van der Waals surface area contributed by atoms with Gasteiger partial charge in [0.15, 0.2) is 0 Å². The van der Waals surface area contributed by atoms with Crippen molar-refractivity contribution in [3.8, 4) is 0 Å². The Balaban J connectivity index is 1.75. The Morgan fingerprint density at radius 3 is 2.35 bits per heavy atom. The van der Waals surface area contributed by atoms with Crippen LogP contribution in [0.4, 0.5) is 10.5 Å². The molecule has 1 amide bonds. The summed E-state index contributed by atoms with van der Waals surface area (Å²) in [5.74, 6) is 0. The van der Waals surface area contributed by atoms with E-state index in [2.05, 4.69) is 11.8 Å². The van der Waals surface area contributed by atoms with Gasteiger partial charge < -0.3 is 19.4 Å². The number of anilines is 1. The van der Waals surface area contributed by atoms with Crippen LogP contribution in [0, 0.1) is 0 Å². The Morgan fingerprint density at radius 1 is 1.22 bits per heavy atom. The SMILES string of the molecule is CCN1CCC2(CC1)CN(c1ccc(P(=O)(O)O)cc1)C(=O)O2. The highest BCUT2D eigenvalue weighted by Gasteiger charge is 2.47. The largest absolute Gasteiger partial charge is 0.441 e. The number of carbonyl (C=O) groups is 1. The third-order valence-electron chi connectivity index (χ3n) is 4.68. The third-order valence-corrected chi connectivity index (χ3v) is 5.65. The normalized spacial score (nSPS) is 21.7. The molecular weight excluding hydrogens is 319 g/mol. The van der Waals surface area contributed by atoms with E-state index >= 15 is 0 Å². The van der Waals surface area contributed by atoms with E-state index in [-0.39, 0.29) is 11.4 Å². The molecule has 0 radical (unpaired) electrons. The first-order valence-corrected chi connectivity index (χ1v) is 9.33. The molecule has 2 aliphatic rings. The van der Waals surface area contributed by atoms with Gasteiger partial charge in [0.1, 0.15) is 5.60 Å². The first-order valence-electron chi connectivity index (χ1n) is 7.72. The highest BCUT2D eigenvalue weighted by Crippen LogP contribution is 2.37. The van der Waals surface area contributed by atoms with Crippen molar-refractivity contribution in [3.63, 3.8) is 0 Å². The van der Waals surface area contributed by atoms with Crippen LogP contribution in [0.1, 0.15) is 19.8 Å². The van der Waals surface area contributed by atoms with Crippen LogP contribution in [0.3, 0.4) is 0 Å². The van der Waals surface area contributed by atoms with Crippen molar-refractivity contribution >= 4 is 24.7 Å². The summed E-state index contributed by atoms with van der Waals surface area (Å²) < 4.78 is 16.9. The summed E-state index contributed by atoms with van der Waals surface area (Å²) in [6.45, 7) is 5.42. The number of benzene rings is 1. The highest BCUT2D eigenvalue weighted by atomic mass is 31.2. The van der Waals surface area contributed by atoms with Crippen LogP contribution in [-0.4, -0.2) is 52.6 Å². The molecular formula is C15H21N2O5P. The topological polar surface area (TPSA) is 90.3 Å². The lowest BCUT2D eigenvalue weighted by atomic mass is 9.91. The summed E-state index contributed by atoms with van der Waals surface area (Å²) in [6, 6.07) is 5.81. The molecule has 0 unspecified atom stereocenters. The van der Waals surface area contributed by atoms with Gasteiger partial charge in [-0.15, -0.1) is 0 Å². The lowest BCUT2D eigenvalue weighted by Crippen LogP contribution is -2.46. The first kappa shape index (κ1) is 16.5. The average Bonchev–Trinajstić information content (AvgIpc) is 2.84. The highest BCUT2D eigenvalue weighted by molar-refractivity contribution is 7.60. The molecule has 0 atom stereocenters. The zero-order valence-corrected chi connectivity index (χ0v) is 13.9. The number of piperidine rings is 1. The third kappa shape index (κ3) is 3.28. The van der Waals surface area contributed by atoms with E-state index in [1.165, 1.54) is 12.1 Å². The van der Waals surface area contributed by atoms with Gasteiger partial charge in [-0.1, -0.05) is 6.92 Å². The number of hydrogen-bond acceptors (Lipinski definition) is 4. The fraction of sp³-hybridized carbons (Fsp3) is 0.533. The monoisotopic (exact) mass is 340 g/mol. The van der Waals surface area contributed by atoms with Gasteiger partial charge >= 0.3 is 13.7 Å². The number of hydrogen-bond donors (Lipinski definition) is 2. The fourth-order valence-corrected chi connectivity index (χ4v) is 3.72. The average molecular weight is 340 g/mol. The summed E-state index contributed by atoms with van der Waals surface area (Å²) in [7, 11) is -4.27. The van der Waals surface area contributed by atoms with Gasteiger partial charge in [0.05, 0.1) is 11.8 Å². The Bertz CT molecular complexity index is 634. The van der Waals surface area contributed by atoms with Gasteiger partial charge in [-0.25, -0.2) is 4.79 Å². The van der Waals surface area contributed by atoms with Crippen molar-refractivity contribution in [2.24, 2.45) is 0 Å². The van der Waals surface area contributed by atoms with E-state index in [1.807, 2.05) is 0 Å². The second-order valence-corrected chi connectivity index (χ2v) is 7.74. The molecule has 3 rings (SSSR count). The van der Waals surface area contributed by atoms with Crippen molar-refractivity contribution in [2.45, 2.75) is 25.4 Å². The summed E-state index contributed by atoms with van der Waals surface area (Å²) >= 11 is 0. The lowest BCUT2D eigenvalue weighted by molar-refractivity contribution is 0.00222. The predicted molar refractivity (Wildman–Crippen MR) is 86.0 cm³/mol. The Hall–Kier alpha value is -1.40. The van der Waals surface area contributed by atoms with E-state index < -0.39 is 13.2 Å². The van der Waals surface area contributed by atoms with Crippen LogP contribution in [0.15, 0.2) is 24.3 Å². The van der Waals surface area contributed by atoms with Gasteiger partial charge in [0, 0.05) is 31.6 Å². The van der Waals surface area contributed by atoms with E-state index in [0.717, 1.165) is 32.5 Å². The van der Waals surface area contributed by atoms with Gasteiger partial charge in [-0.05, 0) is 30.8 Å². The number of ether oxygens (including phenoxy) is 1. The van der Waals surface area contributed by atoms with Crippen LogP contribution >= 0.6 is 7.60 Å². The fourth-order valence-electron chi connectivity index (χ4n) is 3.19. The van der Waals surface area contributed by atoms with Crippen LogP contribution < -0.4 is 10.2 Å². The number of nitrogens with zero attached hydrogens (tertiary/aromatic N) is 2. The quantitative estimate of drug-likeness (QED) is 0.806. The second-order valence-electron chi connectivity index (χ2n) is 6.13. The molecule has 7 nitrogen and oxygen atoms in total. The predicted octanol–water partition coefficient (Wildman–Crippen LogP) is 1.30. The Morgan fingerprint density at radius 2 is 1.83 bits per heavy atom. The first-order chi connectivity index (χ1) is 10.8. The molecule has 23 heavy (non-hydrogen) atoms. The van der Waals surface area contributed by atoms with Gasteiger partial charge in [0.25, 0.3) is 0 Å². The number of rotatable bonds is 3. The van der Waals surface area contributed by atoms with Crippen molar-refractivity contribution in [1.82, 2.24) is 4.90 Å². The zero-order chi connectivity index (χ0) is 16.7. The van der Waals surface area contributed by atoms with E-state index in [4.69, 9.17) is 14.5 Å². The van der Waals surface area contributed by atoms with Crippen LogP contribution in [-0.2, 0) is 9.30 Å². The molecule has 1 aromatic rings. The van der Waals surface area contributed by atoms with Gasteiger partial charge in [-0.2, -0.15) is 0 Å². The van der Waals surface area contributed by atoms with Crippen molar-refractivity contribution in [1.29, 1.82) is 0 Å². The van der Waals surface area contributed by atoms with E-state index in [9.17, 15) is 9.36 Å². The molecule has 2 fully saturated rings. The van der Waals surface area contributed by atoms with E-state index in [0.29, 0.717) is 12.2 Å². The van der Waals surface area contributed by atoms with Crippen LogP contribution in [0.2, 0.25) is 0 Å². The van der Waals surface area contributed by atoms with Gasteiger partial charge in [0.2, 0.25) is 0 Å². The Labute approximate surface area is 135 Å². The molecule has 2 heterocycles. The van der Waals surface area contributed by atoms with Crippen LogP contribution in [0.5, 0.6) is 0 Å². The summed E-state index contributed by atoms with van der Waals surface area (Å²) in [5, 5.41) is -0.0558. The zero-order valence-electron chi connectivity index (χ0n) is 13.0. The molecule has 2 saturated heterocycles. The summed E-state index contributed by atoms with van der Waals surface area (Å²) in [6.07, 6.45) is 1.23. The molecule has 2 N–H and O–H groups in total. The maximum absolute atomic E-state index is 12.2. The minimum atomic E-state index is -4.27. The number of carbonyl (C=O) groups excluding carboxylic acids is 1. The van der Waals surface area contributed by atoms with Crippen molar-refractivity contribution in [2.75, 3.05) is 31.1 Å². The molecule has 126 valence electrons. The molecule has 0 bridgehead atoms.